The van der Waals surface area contributed by atoms with Gasteiger partial charge in [0.1, 0.15) is 6.61 Å². The van der Waals surface area contributed by atoms with Crippen molar-refractivity contribution in [3.8, 4) is 11.1 Å². The van der Waals surface area contributed by atoms with Gasteiger partial charge < -0.3 is 4.74 Å². The highest BCUT2D eigenvalue weighted by Gasteiger charge is 2.61. The Hall–Kier alpha value is -2.56. The maximum atomic E-state index is 12.4. The number of benzene rings is 2. The number of allylic oxidation sites excluding steroid dienone is 2. The molecule has 2 aromatic rings. The van der Waals surface area contributed by atoms with E-state index in [1.165, 1.54) is 0 Å². The van der Waals surface area contributed by atoms with Gasteiger partial charge in [0.05, 0.1) is 5.92 Å². The van der Waals surface area contributed by atoms with Crippen molar-refractivity contribution < 1.29 is 22.7 Å². The Kier molecular flexibility index (Phi) is 5.13. The molecule has 3 rings (SSSR count). The van der Waals surface area contributed by atoms with Crippen LogP contribution in [0.1, 0.15) is 19.4 Å². The Balaban J connectivity index is 1.62. The van der Waals surface area contributed by atoms with E-state index in [1.54, 1.807) is 13.8 Å². The summed E-state index contributed by atoms with van der Waals surface area (Å²) in [5, 5.41) is 0. The fraction of sp³-hybridized carbons (Fsp3) is 0.318. The molecule has 2 unspecified atom stereocenters. The van der Waals surface area contributed by atoms with E-state index in [-0.39, 0.29) is 12.7 Å². The Morgan fingerprint density at radius 3 is 2.41 bits per heavy atom. The number of alkyl halides is 3. The van der Waals surface area contributed by atoms with E-state index in [2.05, 4.69) is 0 Å². The summed E-state index contributed by atoms with van der Waals surface area (Å²) < 4.78 is 42.5. The Labute approximate surface area is 156 Å². The zero-order valence-corrected chi connectivity index (χ0v) is 15.2. The van der Waals surface area contributed by atoms with E-state index >= 15 is 0 Å². The molecule has 5 heteroatoms. The molecule has 0 spiro atoms. The number of carbonyl (C=O) groups is 1. The van der Waals surface area contributed by atoms with Gasteiger partial charge in [-0.05, 0) is 34.1 Å². The maximum Gasteiger partial charge on any atom is 0.409 e. The van der Waals surface area contributed by atoms with Gasteiger partial charge in [0.25, 0.3) is 0 Å². The van der Waals surface area contributed by atoms with Crippen LogP contribution in [-0.2, 0) is 16.1 Å². The normalized spacial score (nSPS) is 21.2. The largest absolute Gasteiger partial charge is 0.461 e. The molecule has 0 heterocycles. The van der Waals surface area contributed by atoms with Gasteiger partial charge >= 0.3 is 12.1 Å². The number of halogens is 3. The summed E-state index contributed by atoms with van der Waals surface area (Å²) in [4.78, 5) is 12.3. The molecular formula is C22H21F3O2. The fourth-order valence-corrected chi connectivity index (χ4v) is 3.42. The highest BCUT2D eigenvalue weighted by molar-refractivity contribution is 5.78. The van der Waals surface area contributed by atoms with Crippen molar-refractivity contribution >= 4 is 5.97 Å². The molecule has 1 aliphatic rings. The molecule has 2 nitrogen and oxygen atoms in total. The van der Waals surface area contributed by atoms with E-state index in [9.17, 15) is 18.0 Å². The van der Waals surface area contributed by atoms with Gasteiger partial charge in [-0.15, -0.1) is 0 Å². The molecule has 0 aromatic heterocycles. The summed E-state index contributed by atoms with van der Waals surface area (Å²) in [6.45, 7) is 3.66. The van der Waals surface area contributed by atoms with E-state index in [0.29, 0.717) is 0 Å². The van der Waals surface area contributed by atoms with Crippen LogP contribution in [0, 0.1) is 17.3 Å². The lowest BCUT2D eigenvalue weighted by molar-refractivity contribution is -0.147. The van der Waals surface area contributed by atoms with Crippen LogP contribution in [0.15, 0.2) is 66.7 Å². The molecule has 0 aliphatic heterocycles. The first-order valence-corrected chi connectivity index (χ1v) is 8.75. The van der Waals surface area contributed by atoms with Crippen molar-refractivity contribution in [1.29, 1.82) is 0 Å². The second kappa shape index (κ2) is 7.22. The average molecular weight is 374 g/mol. The third-order valence-corrected chi connectivity index (χ3v) is 5.07. The summed E-state index contributed by atoms with van der Waals surface area (Å²) in [7, 11) is 0. The predicted octanol–water partition coefficient (Wildman–Crippen LogP) is 5.79. The van der Waals surface area contributed by atoms with E-state index in [4.69, 9.17) is 4.74 Å². The minimum absolute atomic E-state index is 0.0990. The van der Waals surface area contributed by atoms with Crippen LogP contribution < -0.4 is 0 Å². The Morgan fingerprint density at radius 1 is 1.07 bits per heavy atom. The lowest BCUT2D eigenvalue weighted by Gasteiger charge is -2.08. The quantitative estimate of drug-likeness (QED) is 0.489. The summed E-state index contributed by atoms with van der Waals surface area (Å²) in [6.07, 6.45) is -3.09. The number of ether oxygens (including phenoxy) is 1. The van der Waals surface area contributed by atoms with Gasteiger partial charge in [-0.2, -0.15) is 13.2 Å². The monoisotopic (exact) mass is 374 g/mol. The van der Waals surface area contributed by atoms with Crippen molar-refractivity contribution in [1.82, 2.24) is 0 Å². The number of rotatable bonds is 5. The molecule has 0 N–H and O–H groups in total. The third kappa shape index (κ3) is 4.59. The number of hydrogen-bond acceptors (Lipinski definition) is 2. The molecule has 0 saturated heterocycles. The zero-order chi connectivity index (χ0) is 19.7. The average Bonchev–Trinajstić information content (AvgIpc) is 3.19. The molecule has 1 aliphatic carbocycles. The molecule has 2 aromatic carbocycles. The smallest absolute Gasteiger partial charge is 0.409 e. The van der Waals surface area contributed by atoms with E-state index in [0.717, 1.165) is 22.8 Å². The van der Waals surface area contributed by atoms with Crippen molar-refractivity contribution in [2.75, 3.05) is 0 Å². The van der Waals surface area contributed by atoms with Gasteiger partial charge in [0.2, 0.25) is 0 Å². The maximum absolute atomic E-state index is 12.4. The molecule has 2 atom stereocenters. The molecule has 27 heavy (non-hydrogen) atoms. The van der Waals surface area contributed by atoms with Gasteiger partial charge in [-0.1, -0.05) is 68.5 Å². The number of hydrogen-bond donors (Lipinski definition) is 0. The zero-order valence-electron chi connectivity index (χ0n) is 15.2. The standard InChI is InChI=1S/C22H21F3O2/c1-21(2)18(11-12-22(23,24)25)19(21)20(26)27-14-15-7-6-10-17(13-15)16-8-4-3-5-9-16/h3-13,18-19H,14H2,1-2H3. The van der Waals surface area contributed by atoms with Crippen LogP contribution in [0.3, 0.4) is 0 Å². The van der Waals surface area contributed by atoms with Crippen LogP contribution in [0.4, 0.5) is 13.2 Å². The van der Waals surface area contributed by atoms with Gasteiger partial charge in [0, 0.05) is 6.08 Å². The van der Waals surface area contributed by atoms with Crippen molar-refractivity contribution in [2.45, 2.75) is 26.6 Å². The van der Waals surface area contributed by atoms with Crippen LogP contribution in [0.2, 0.25) is 0 Å². The van der Waals surface area contributed by atoms with Gasteiger partial charge in [0.15, 0.2) is 0 Å². The molecule has 0 bridgehead atoms. The predicted molar refractivity (Wildman–Crippen MR) is 97.6 cm³/mol. The second-order valence-electron chi connectivity index (χ2n) is 7.40. The molecule has 1 saturated carbocycles. The fourth-order valence-electron chi connectivity index (χ4n) is 3.42. The minimum atomic E-state index is -4.37. The molecule has 1 fully saturated rings. The topological polar surface area (TPSA) is 26.3 Å². The highest BCUT2D eigenvalue weighted by atomic mass is 19.4. The number of esters is 1. The first-order chi connectivity index (χ1) is 12.7. The van der Waals surface area contributed by atoms with E-state index in [1.807, 2.05) is 54.6 Å². The van der Waals surface area contributed by atoms with Crippen LogP contribution in [-0.4, -0.2) is 12.1 Å². The van der Waals surface area contributed by atoms with Crippen LogP contribution in [0.25, 0.3) is 11.1 Å². The van der Waals surface area contributed by atoms with Gasteiger partial charge in [-0.3, -0.25) is 4.79 Å². The summed E-state index contributed by atoms with van der Waals surface area (Å²) in [5.74, 6) is -1.46. The summed E-state index contributed by atoms with van der Waals surface area (Å²) in [6, 6.07) is 17.5. The summed E-state index contributed by atoms with van der Waals surface area (Å²) in [5.41, 5.74) is 2.39. The summed E-state index contributed by atoms with van der Waals surface area (Å²) >= 11 is 0. The van der Waals surface area contributed by atoms with Crippen LogP contribution in [0.5, 0.6) is 0 Å². The minimum Gasteiger partial charge on any atom is -0.461 e. The Morgan fingerprint density at radius 2 is 1.74 bits per heavy atom. The highest BCUT2D eigenvalue weighted by Crippen LogP contribution is 2.59. The molecule has 0 radical (unpaired) electrons. The first kappa shape index (κ1) is 19.2. The lowest BCUT2D eigenvalue weighted by atomic mass is 10.0. The first-order valence-electron chi connectivity index (χ1n) is 8.75. The van der Waals surface area contributed by atoms with E-state index < -0.39 is 29.4 Å². The van der Waals surface area contributed by atoms with Crippen molar-refractivity contribution in [3.63, 3.8) is 0 Å². The molecule has 0 amide bonds. The SMILES string of the molecule is CC1(C)C(C=CC(F)(F)F)C1C(=O)OCc1cccc(-c2ccccc2)c1. The third-order valence-electron chi connectivity index (χ3n) is 5.07. The Bertz CT molecular complexity index is 838. The second-order valence-corrected chi connectivity index (χ2v) is 7.40. The van der Waals surface area contributed by atoms with Gasteiger partial charge in [-0.25, -0.2) is 0 Å². The van der Waals surface area contributed by atoms with Crippen molar-refractivity contribution in [3.05, 3.63) is 72.3 Å². The molecular weight excluding hydrogens is 353 g/mol. The number of carbonyl (C=O) groups excluding carboxylic acids is 1. The lowest BCUT2D eigenvalue weighted by Crippen LogP contribution is -2.10. The van der Waals surface area contributed by atoms with Crippen LogP contribution >= 0.6 is 0 Å². The van der Waals surface area contributed by atoms with Crippen molar-refractivity contribution in [2.24, 2.45) is 17.3 Å². The molecule has 142 valence electrons.